The number of anilines is 1. The fourth-order valence-corrected chi connectivity index (χ4v) is 2.68. The van der Waals surface area contributed by atoms with Gasteiger partial charge in [-0.15, -0.1) is 5.92 Å². The van der Waals surface area contributed by atoms with Gasteiger partial charge in [0.1, 0.15) is 11.0 Å². The zero-order valence-electron chi connectivity index (χ0n) is 13.2. The minimum Gasteiger partial charge on any atom is -0.340 e. The van der Waals surface area contributed by atoms with Crippen LogP contribution in [0.3, 0.4) is 0 Å². The number of likely N-dealkylation sites (N-methyl/N-ethyl adjacent to an activating group) is 1. The van der Waals surface area contributed by atoms with Crippen LogP contribution in [0.5, 0.6) is 0 Å². The van der Waals surface area contributed by atoms with Crippen molar-refractivity contribution in [2.24, 2.45) is 7.05 Å². The maximum atomic E-state index is 12.4. The molecule has 7 nitrogen and oxygen atoms in total. The molecule has 116 valence electrons. The van der Waals surface area contributed by atoms with Crippen molar-refractivity contribution >= 4 is 17.0 Å². The topological polar surface area (TPSA) is 59.2 Å². The quantitative estimate of drug-likeness (QED) is 0.725. The predicted octanol–water partition coefficient (Wildman–Crippen LogP) is -0.0949. The maximum absolute atomic E-state index is 12.4. The van der Waals surface area contributed by atoms with Crippen molar-refractivity contribution in [1.29, 1.82) is 0 Å². The monoisotopic (exact) mass is 300 g/mol. The lowest BCUT2D eigenvalue weighted by atomic mass is 10.3. The average molecular weight is 300 g/mol. The number of hydrogen-bond donors (Lipinski definition) is 0. The van der Waals surface area contributed by atoms with E-state index in [0.717, 1.165) is 32.1 Å². The first-order valence-electron chi connectivity index (χ1n) is 7.37. The van der Waals surface area contributed by atoms with Crippen LogP contribution in [-0.2, 0) is 13.6 Å². The third-order valence-corrected chi connectivity index (χ3v) is 4.02. The lowest BCUT2D eigenvalue weighted by molar-refractivity contribution is 0.310. The van der Waals surface area contributed by atoms with E-state index in [-0.39, 0.29) is 5.56 Å². The van der Waals surface area contributed by atoms with Crippen LogP contribution in [0, 0.1) is 11.8 Å². The van der Waals surface area contributed by atoms with Crippen molar-refractivity contribution in [3.05, 3.63) is 16.6 Å². The molecule has 0 bridgehead atoms. The van der Waals surface area contributed by atoms with Gasteiger partial charge in [0, 0.05) is 33.2 Å². The van der Waals surface area contributed by atoms with Crippen molar-refractivity contribution in [2.75, 3.05) is 38.1 Å². The van der Waals surface area contributed by atoms with Crippen molar-refractivity contribution in [1.82, 2.24) is 24.2 Å². The second-order valence-corrected chi connectivity index (χ2v) is 5.52. The molecule has 0 radical (unpaired) electrons. The molecular formula is C15H20N6O. The van der Waals surface area contributed by atoms with Crippen molar-refractivity contribution in [3.63, 3.8) is 0 Å². The van der Waals surface area contributed by atoms with Crippen LogP contribution < -0.4 is 10.5 Å². The molecular weight excluding hydrogens is 280 g/mol. The van der Waals surface area contributed by atoms with Gasteiger partial charge in [0.15, 0.2) is 0 Å². The van der Waals surface area contributed by atoms with Gasteiger partial charge in [-0.1, -0.05) is 5.92 Å². The molecule has 2 aromatic heterocycles. The first-order chi connectivity index (χ1) is 10.6. The number of imidazole rings is 1. The fraction of sp³-hybridized carbons (Fsp3) is 0.533. The molecule has 7 heteroatoms. The molecule has 1 fully saturated rings. The van der Waals surface area contributed by atoms with Crippen LogP contribution in [0.4, 0.5) is 5.95 Å². The van der Waals surface area contributed by atoms with Gasteiger partial charge in [-0.25, -0.2) is 9.67 Å². The fourth-order valence-electron chi connectivity index (χ4n) is 2.68. The summed E-state index contributed by atoms with van der Waals surface area (Å²) in [5, 5.41) is 4.06. The predicted molar refractivity (Wildman–Crippen MR) is 85.9 cm³/mol. The third-order valence-electron chi connectivity index (χ3n) is 4.02. The van der Waals surface area contributed by atoms with Gasteiger partial charge >= 0.3 is 0 Å². The highest BCUT2D eigenvalue weighted by Crippen LogP contribution is 2.20. The van der Waals surface area contributed by atoms with Crippen molar-refractivity contribution in [3.8, 4) is 11.8 Å². The molecule has 3 rings (SSSR count). The van der Waals surface area contributed by atoms with Crippen LogP contribution in [0.15, 0.2) is 11.0 Å². The van der Waals surface area contributed by atoms with Crippen LogP contribution in [0.1, 0.15) is 6.92 Å². The van der Waals surface area contributed by atoms with Gasteiger partial charge in [-0.05, 0) is 14.0 Å². The molecule has 0 aromatic carbocycles. The van der Waals surface area contributed by atoms with E-state index in [1.54, 1.807) is 20.2 Å². The van der Waals surface area contributed by atoms with Crippen LogP contribution in [-0.4, -0.2) is 57.5 Å². The molecule has 0 N–H and O–H groups in total. The number of hydrogen-bond acceptors (Lipinski definition) is 5. The minimum absolute atomic E-state index is 0.136. The van der Waals surface area contributed by atoms with Gasteiger partial charge in [0.25, 0.3) is 5.56 Å². The Hall–Kier alpha value is -2.33. The molecule has 1 aliphatic heterocycles. The van der Waals surface area contributed by atoms with Gasteiger partial charge < -0.3 is 9.80 Å². The van der Waals surface area contributed by atoms with E-state index in [1.165, 1.54) is 4.68 Å². The zero-order valence-corrected chi connectivity index (χ0v) is 13.2. The smallest absolute Gasteiger partial charge is 0.292 e. The van der Waals surface area contributed by atoms with E-state index < -0.39 is 0 Å². The molecule has 3 heterocycles. The molecule has 1 saturated heterocycles. The number of piperazine rings is 1. The Labute approximate surface area is 129 Å². The summed E-state index contributed by atoms with van der Waals surface area (Å²) in [4.78, 5) is 21.6. The molecule has 0 atom stereocenters. The summed E-state index contributed by atoms with van der Waals surface area (Å²) in [6, 6.07) is 0. The average Bonchev–Trinajstić information content (AvgIpc) is 2.89. The van der Waals surface area contributed by atoms with Crippen LogP contribution >= 0.6 is 0 Å². The minimum atomic E-state index is -0.136. The van der Waals surface area contributed by atoms with E-state index >= 15 is 0 Å². The van der Waals surface area contributed by atoms with Crippen molar-refractivity contribution < 1.29 is 0 Å². The van der Waals surface area contributed by atoms with Crippen LogP contribution in [0.2, 0.25) is 0 Å². The normalized spacial score (nSPS) is 15.9. The summed E-state index contributed by atoms with van der Waals surface area (Å²) in [5.41, 5.74) is 1.08. The van der Waals surface area contributed by atoms with Crippen LogP contribution in [0.25, 0.3) is 11.0 Å². The Morgan fingerprint density at radius 1 is 1.23 bits per heavy atom. The number of aromatic nitrogens is 4. The van der Waals surface area contributed by atoms with Gasteiger partial charge in [0.05, 0.1) is 12.7 Å². The van der Waals surface area contributed by atoms with E-state index in [9.17, 15) is 4.79 Å². The SMILES string of the molecule is CC#CCn1c(N2CCN(C)CC2)nc2cnn(C)c(=O)c21. The van der Waals surface area contributed by atoms with E-state index in [4.69, 9.17) is 0 Å². The standard InChI is InChI=1S/C15H20N6O/c1-4-5-6-21-13-12(11-16-19(3)14(13)22)17-15(21)20-9-7-18(2)8-10-20/h11H,6-10H2,1-3H3. The molecule has 1 aliphatic rings. The molecule has 0 aliphatic carbocycles. The summed E-state index contributed by atoms with van der Waals surface area (Å²) in [6.45, 7) is 6.03. The molecule has 2 aromatic rings. The Morgan fingerprint density at radius 3 is 2.64 bits per heavy atom. The third kappa shape index (κ3) is 2.46. The summed E-state index contributed by atoms with van der Waals surface area (Å²) in [6.07, 6.45) is 1.65. The van der Waals surface area contributed by atoms with Gasteiger partial charge in [-0.3, -0.25) is 9.36 Å². The summed E-state index contributed by atoms with van der Waals surface area (Å²) in [5.74, 6) is 6.75. The maximum Gasteiger partial charge on any atom is 0.292 e. The van der Waals surface area contributed by atoms with Crippen molar-refractivity contribution in [2.45, 2.75) is 13.5 Å². The number of rotatable bonds is 2. The highest BCUT2D eigenvalue weighted by molar-refractivity contribution is 5.77. The second-order valence-electron chi connectivity index (χ2n) is 5.52. The van der Waals surface area contributed by atoms with E-state index in [0.29, 0.717) is 17.6 Å². The van der Waals surface area contributed by atoms with Gasteiger partial charge in [0.2, 0.25) is 5.95 Å². The molecule has 22 heavy (non-hydrogen) atoms. The molecule has 0 amide bonds. The number of fused-ring (bicyclic) bond motifs is 1. The first kappa shape index (κ1) is 14.6. The first-order valence-corrected chi connectivity index (χ1v) is 7.37. The van der Waals surface area contributed by atoms with E-state index in [2.05, 4.69) is 38.8 Å². The Bertz CT molecular complexity index is 801. The highest BCUT2D eigenvalue weighted by atomic mass is 16.1. The largest absolute Gasteiger partial charge is 0.340 e. The van der Waals surface area contributed by atoms with E-state index in [1.807, 2.05) is 4.57 Å². The lowest BCUT2D eigenvalue weighted by Crippen LogP contribution is -2.45. The van der Waals surface area contributed by atoms with Gasteiger partial charge in [-0.2, -0.15) is 5.10 Å². The molecule has 0 spiro atoms. The number of aryl methyl sites for hydroxylation is 1. The molecule has 0 saturated carbocycles. The molecule has 0 unspecified atom stereocenters. The Balaban J connectivity index is 2.14. The zero-order chi connectivity index (χ0) is 15.7. The summed E-state index contributed by atoms with van der Waals surface area (Å²) < 4.78 is 3.26. The Morgan fingerprint density at radius 2 is 1.95 bits per heavy atom. The summed E-state index contributed by atoms with van der Waals surface area (Å²) in [7, 11) is 3.77. The Kier molecular flexibility index (Phi) is 3.86. The lowest BCUT2D eigenvalue weighted by Gasteiger charge is -2.33. The number of nitrogens with zero attached hydrogens (tertiary/aromatic N) is 6. The highest BCUT2D eigenvalue weighted by Gasteiger charge is 2.22. The summed E-state index contributed by atoms with van der Waals surface area (Å²) >= 11 is 0. The second kappa shape index (κ2) is 5.81.